The zero-order valence-electron chi connectivity index (χ0n) is 25.1. The van der Waals surface area contributed by atoms with E-state index in [4.69, 9.17) is 14.2 Å². The highest BCUT2D eigenvalue weighted by molar-refractivity contribution is 5.99. The Labute approximate surface area is 251 Å². The average Bonchev–Trinajstić information content (AvgIpc) is 3.60. The molecule has 0 unspecified atom stereocenters. The Morgan fingerprint density at radius 2 is 1.84 bits per heavy atom. The van der Waals surface area contributed by atoms with Gasteiger partial charge in [0.2, 0.25) is 17.7 Å². The minimum Gasteiger partial charge on any atom is -0.455 e. The molecule has 0 radical (unpaired) electrons. The van der Waals surface area contributed by atoms with Crippen LogP contribution in [0, 0.1) is 11.8 Å². The third-order valence-electron chi connectivity index (χ3n) is 8.72. The second-order valence-electron chi connectivity index (χ2n) is 12.5. The zero-order valence-corrected chi connectivity index (χ0v) is 25.1. The molecule has 1 aromatic rings. The first-order valence-electron chi connectivity index (χ1n) is 14.8. The number of nitrogens with one attached hydrogen (secondary N) is 1. The number of aliphatic hydroxyl groups is 1. The summed E-state index contributed by atoms with van der Waals surface area (Å²) in [6, 6.07) is 7.28. The quantitative estimate of drug-likeness (QED) is 0.387. The van der Waals surface area contributed by atoms with Gasteiger partial charge in [-0.15, -0.1) is 0 Å². The number of hydrogen-bond acceptors (Lipinski definition) is 8. The van der Waals surface area contributed by atoms with Crippen LogP contribution in [0.25, 0.3) is 0 Å². The van der Waals surface area contributed by atoms with Crippen LogP contribution in [0.4, 0.5) is 0 Å². The number of cyclic esters (lactones) is 1. The molecule has 4 aliphatic rings. The van der Waals surface area contributed by atoms with Crippen LogP contribution in [-0.2, 0) is 33.4 Å². The van der Waals surface area contributed by atoms with E-state index < -0.39 is 59.1 Å². The summed E-state index contributed by atoms with van der Waals surface area (Å²) in [6.07, 6.45) is 6.07. The first kappa shape index (κ1) is 30.9. The third-order valence-corrected chi connectivity index (χ3v) is 8.72. The lowest BCUT2D eigenvalue weighted by molar-refractivity contribution is -0.162. The molecule has 43 heavy (non-hydrogen) atoms. The molecular formula is C32H41N3O8. The van der Waals surface area contributed by atoms with Crippen LogP contribution >= 0.6 is 0 Å². The number of allylic oxidation sites excluding steroid dienone is 1. The molecule has 2 saturated heterocycles. The van der Waals surface area contributed by atoms with Gasteiger partial charge in [-0.3, -0.25) is 19.2 Å². The topological polar surface area (TPSA) is 135 Å². The number of methoxy groups -OCH3 is 1. The van der Waals surface area contributed by atoms with E-state index >= 15 is 0 Å². The van der Waals surface area contributed by atoms with Gasteiger partial charge in [0.05, 0.1) is 31.3 Å². The summed E-state index contributed by atoms with van der Waals surface area (Å²) in [5.41, 5.74) is -1.36. The van der Waals surface area contributed by atoms with Crippen molar-refractivity contribution in [2.45, 2.75) is 69.0 Å². The first-order chi connectivity index (χ1) is 20.5. The normalized spacial score (nSPS) is 33.9. The van der Waals surface area contributed by atoms with Crippen LogP contribution in [0.5, 0.6) is 0 Å². The van der Waals surface area contributed by atoms with Crippen LogP contribution in [0.3, 0.4) is 0 Å². The van der Waals surface area contributed by atoms with E-state index in [1.807, 2.05) is 51.1 Å². The van der Waals surface area contributed by atoms with Gasteiger partial charge in [-0.1, -0.05) is 54.6 Å². The van der Waals surface area contributed by atoms with Gasteiger partial charge in [-0.25, -0.2) is 0 Å². The Morgan fingerprint density at radius 1 is 1.09 bits per heavy atom. The molecule has 11 heteroatoms. The summed E-state index contributed by atoms with van der Waals surface area (Å²) in [5.74, 6) is -3.74. The van der Waals surface area contributed by atoms with E-state index in [9.17, 15) is 24.3 Å². The van der Waals surface area contributed by atoms with Crippen molar-refractivity contribution >= 4 is 23.7 Å². The lowest BCUT2D eigenvalue weighted by atomic mass is 9.74. The molecular weight excluding hydrogens is 554 g/mol. The van der Waals surface area contributed by atoms with Crippen LogP contribution in [0.1, 0.15) is 45.3 Å². The maximum Gasteiger partial charge on any atom is 0.313 e. The molecule has 1 spiro atoms. The lowest BCUT2D eigenvalue weighted by Gasteiger charge is -2.41. The van der Waals surface area contributed by atoms with Gasteiger partial charge < -0.3 is 34.4 Å². The summed E-state index contributed by atoms with van der Waals surface area (Å²) in [6.45, 7) is 5.58. The fourth-order valence-corrected chi connectivity index (χ4v) is 6.81. The minimum absolute atomic E-state index is 0.0760. The monoisotopic (exact) mass is 595 g/mol. The SMILES string of the molecule is COC[C@@H]1NC(=O)CC/C=C\CN(C(C)(C)C)C(=O)[C@H]2N(CCO)C(=O)[C@@H]3[C@@H](C(=O)O[C@H]1c1ccccc1)[C@H]1C=C[C@]32O1. The van der Waals surface area contributed by atoms with Crippen LogP contribution in [0.15, 0.2) is 54.6 Å². The van der Waals surface area contributed by atoms with E-state index in [-0.39, 0.29) is 44.5 Å². The number of ether oxygens (including phenoxy) is 3. The summed E-state index contributed by atoms with van der Waals surface area (Å²) in [5, 5.41) is 12.9. The first-order valence-corrected chi connectivity index (χ1v) is 14.8. The highest BCUT2D eigenvalue weighted by Gasteiger charge is 2.73. The van der Waals surface area contributed by atoms with Crippen LogP contribution in [0.2, 0.25) is 0 Å². The zero-order chi connectivity index (χ0) is 30.9. The predicted molar refractivity (Wildman–Crippen MR) is 155 cm³/mol. The van der Waals surface area contributed by atoms with Crippen molar-refractivity contribution in [2.24, 2.45) is 11.8 Å². The second kappa shape index (κ2) is 12.2. The number of β-amino-alcohol motifs (C(OH)–C–C–N with tert-alkyl or cyclic N) is 1. The molecule has 0 aliphatic carbocycles. The molecule has 0 saturated carbocycles. The largest absolute Gasteiger partial charge is 0.455 e. The number of esters is 1. The molecule has 5 rings (SSSR count). The van der Waals surface area contributed by atoms with Gasteiger partial charge >= 0.3 is 5.97 Å². The Morgan fingerprint density at radius 3 is 2.51 bits per heavy atom. The molecule has 4 heterocycles. The number of amides is 3. The van der Waals surface area contributed by atoms with Gasteiger partial charge in [0, 0.05) is 32.2 Å². The smallest absolute Gasteiger partial charge is 0.313 e. The van der Waals surface area contributed by atoms with E-state index in [1.165, 1.54) is 12.0 Å². The van der Waals surface area contributed by atoms with Crippen molar-refractivity contribution < 1.29 is 38.5 Å². The minimum atomic E-state index is -1.39. The van der Waals surface area contributed by atoms with Crippen molar-refractivity contribution in [3.05, 3.63) is 60.2 Å². The number of carbonyl (C=O) groups excluding carboxylic acids is 4. The van der Waals surface area contributed by atoms with Crippen LogP contribution < -0.4 is 5.32 Å². The molecule has 11 nitrogen and oxygen atoms in total. The second-order valence-corrected chi connectivity index (χ2v) is 12.5. The van der Waals surface area contributed by atoms with Crippen molar-refractivity contribution in [1.82, 2.24) is 15.1 Å². The van der Waals surface area contributed by atoms with Crippen molar-refractivity contribution in [1.29, 1.82) is 0 Å². The molecule has 232 valence electrons. The van der Waals surface area contributed by atoms with E-state index in [2.05, 4.69) is 5.32 Å². The standard InChI is InChI=1S/C32H41N3O8/c1-31(2,3)35-16-10-6-9-13-23(37)33-21(19-41-4)26(20-11-7-5-8-12-20)42-30(40)24-22-14-15-32(43-22)25(24)28(38)34(17-18-36)27(32)29(35)39/h5-8,10-12,14-15,21-22,24-27,36H,9,13,16-19H2,1-4H3,(H,33,37)/b10-6-/t21-,22+,24-,25-,26-,27+,32-/m0/s1. The Hall–Kier alpha value is -3.54. The van der Waals surface area contributed by atoms with Crippen LogP contribution in [-0.4, -0.2) is 101 Å². The maximum absolute atomic E-state index is 14.4. The number of rotatable bonds is 5. The van der Waals surface area contributed by atoms with Gasteiger partial charge in [-0.05, 0) is 32.8 Å². The fraction of sp³-hybridized carbons (Fsp3) is 0.562. The fourth-order valence-electron chi connectivity index (χ4n) is 6.81. The molecule has 2 N–H and O–H groups in total. The van der Waals surface area contributed by atoms with Gasteiger partial charge in [0.25, 0.3) is 0 Å². The van der Waals surface area contributed by atoms with Gasteiger partial charge in [0.1, 0.15) is 23.7 Å². The van der Waals surface area contributed by atoms with Crippen molar-refractivity contribution in [3.63, 3.8) is 0 Å². The molecule has 3 amide bonds. The average molecular weight is 596 g/mol. The number of hydrogen-bond donors (Lipinski definition) is 2. The molecule has 2 fully saturated rings. The summed E-state index contributed by atoms with van der Waals surface area (Å²) >= 11 is 0. The number of aliphatic hydroxyl groups excluding tert-OH is 1. The molecule has 1 aromatic carbocycles. The van der Waals surface area contributed by atoms with Gasteiger partial charge in [0.15, 0.2) is 0 Å². The molecule has 4 aliphatic heterocycles. The van der Waals surface area contributed by atoms with E-state index in [1.54, 1.807) is 29.2 Å². The van der Waals surface area contributed by atoms with Crippen molar-refractivity contribution in [3.8, 4) is 0 Å². The number of fused-ring (bicyclic) bond motifs is 2. The van der Waals surface area contributed by atoms with Gasteiger partial charge in [-0.2, -0.15) is 0 Å². The summed E-state index contributed by atoms with van der Waals surface area (Å²) in [4.78, 5) is 58.6. The summed E-state index contributed by atoms with van der Waals surface area (Å²) < 4.78 is 18.0. The van der Waals surface area contributed by atoms with E-state index in [0.717, 1.165) is 0 Å². The molecule has 0 aromatic heterocycles. The number of carbonyl (C=O) groups is 4. The Kier molecular flexibility index (Phi) is 8.78. The number of nitrogens with zero attached hydrogens (tertiary/aromatic N) is 2. The summed E-state index contributed by atoms with van der Waals surface area (Å²) in [7, 11) is 1.50. The highest BCUT2D eigenvalue weighted by Crippen LogP contribution is 2.56. The molecule has 5 bridgehead atoms. The lowest BCUT2D eigenvalue weighted by Crippen LogP contribution is -2.59. The predicted octanol–water partition coefficient (Wildman–Crippen LogP) is 1.52. The number of likely N-dealkylation sites (tertiary alicyclic amines) is 1. The van der Waals surface area contributed by atoms with Crippen molar-refractivity contribution in [2.75, 3.05) is 33.4 Å². The molecule has 7 atom stereocenters. The maximum atomic E-state index is 14.4. The highest BCUT2D eigenvalue weighted by atomic mass is 16.6. The Balaban J connectivity index is 1.60. The van der Waals surface area contributed by atoms with E-state index in [0.29, 0.717) is 12.0 Å². The number of benzene rings is 1. The third kappa shape index (κ3) is 5.61. The Bertz CT molecular complexity index is 1290.